The molecule has 2 N–H and O–H groups in total. The van der Waals surface area contributed by atoms with E-state index in [2.05, 4.69) is 26.5 Å². The third-order valence-electron chi connectivity index (χ3n) is 3.47. The summed E-state index contributed by atoms with van der Waals surface area (Å²) < 4.78 is 2.08. The molecule has 0 saturated carbocycles. The van der Waals surface area contributed by atoms with Crippen LogP contribution in [0.1, 0.15) is 11.4 Å². The lowest BCUT2D eigenvalue weighted by atomic mass is 10.1. The molecule has 0 saturated heterocycles. The number of anilines is 1. The van der Waals surface area contributed by atoms with Crippen LogP contribution in [0.4, 0.5) is 5.82 Å². The Morgan fingerprint density at radius 2 is 1.96 bits per heavy atom. The summed E-state index contributed by atoms with van der Waals surface area (Å²) >= 11 is 1.61. The maximum Gasteiger partial charge on any atom is 0.194 e. The molecule has 0 unspecified atom stereocenters. The molecular weight excluding hydrogens is 306 g/mol. The van der Waals surface area contributed by atoms with Crippen molar-refractivity contribution in [1.29, 1.82) is 0 Å². The van der Waals surface area contributed by atoms with E-state index in [9.17, 15) is 0 Å². The van der Waals surface area contributed by atoms with E-state index in [1.54, 1.807) is 17.4 Å². The summed E-state index contributed by atoms with van der Waals surface area (Å²) in [5, 5.41) is 2.02. The molecule has 0 aliphatic carbocycles. The minimum absolute atomic E-state index is 0.455. The van der Waals surface area contributed by atoms with Gasteiger partial charge in [0.15, 0.2) is 4.96 Å². The number of aromatic nitrogens is 4. The van der Waals surface area contributed by atoms with E-state index in [1.165, 1.54) is 6.33 Å². The van der Waals surface area contributed by atoms with Crippen molar-refractivity contribution in [1.82, 2.24) is 19.4 Å². The summed E-state index contributed by atoms with van der Waals surface area (Å²) in [5.74, 6) is 0.455. The van der Waals surface area contributed by atoms with Crippen LogP contribution in [0.15, 0.2) is 54.3 Å². The Balaban J connectivity index is 1.83. The number of fused-ring (bicyclic) bond motifs is 1. The highest BCUT2D eigenvalue weighted by molar-refractivity contribution is 7.15. The van der Waals surface area contributed by atoms with E-state index in [-0.39, 0.29) is 0 Å². The van der Waals surface area contributed by atoms with Gasteiger partial charge in [-0.2, -0.15) is 0 Å². The fourth-order valence-electron chi connectivity index (χ4n) is 2.41. The topological polar surface area (TPSA) is 69.1 Å². The molecule has 3 aromatic heterocycles. The number of nitrogens with two attached hydrogens (primary N) is 1. The van der Waals surface area contributed by atoms with Crippen LogP contribution in [0, 0.1) is 0 Å². The zero-order valence-corrected chi connectivity index (χ0v) is 12.9. The summed E-state index contributed by atoms with van der Waals surface area (Å²) in [6.07, 6.45) is 7.42. The molecule has 1 aromatic carbocycles. The Labute approximate surface area is 136 Å². The second-order valence-corrected chi connectivity index (χ2v) is 5.84. The Kier molecular flexibility index (Phi) is 3.36. The van der Waals surface area contributed by atoms with Crippen LogP contribution in [0.5, 0.6) is 0 Å². The number of hydrogen-bond acceptors (Lipinski definition) is 5. The van der Waals surface area contributed by atoms with Crippen molar-refractivity contribution in [3.63, 3.8) is 0 Å². The predicted octanol–water partition coefficient (Wildman–Crippen LogP) is 3.61. The number of hydrogen-bond donors (Lipinski definition) is 1. The van der Waals surface area contributed by atoms with Crippen LogP contribution in [0.25, 0.3) is 28.4 Å². The molecule has 0 aliphatic rings. The third-order valence-corrected chi connectivity index (χ3v) is 4.22. The monoisotopic (exact) mass is 319 g/mol. The molecule has 0 atom stereocenters. The zero-order valence-electron chi connectivity index (χ0n) is 12.1. The smallest absolute Gasteiger partial charge is 0.194 e. The van der Waals surface area contributed by atoms with Gasteiger partial charge >= 0.3 is 0 Å². The number of rotatable bonds is 3. The Morgan fingerprint density at radius 3 is 2.78 bits per heavy atom. The molecule has 3 heterocycles. The quantitative estimate of drug-likeness (QED) is 0.626. The first kappa shape index (κ1) is 13.7. The SMILES string of the molecule is Nc1cc(C=Cc2c(-c3ccccc3)nc3sccn23)ncn1. The minimum atomic E-state index is 0.455. The molecule has 5 nitrogen and oxygen atoms in total. The average Bonchev–Trinajstić information content (AvgIpc) is 3.15. The van der Waals surface area contributed by atoms with Crippen LogP contribution in [-0.4, -0.2) is 19.4 Å². The van der Waals surface area contributed by atoms with E-state index < -0.39 is 0 Å². The third kappa shape index (κ3) is 2.60. The lowest BCUT2D eigenvalue weighted by Crippen LogP contribution is -1.92. The van der Waals surface area contributed by atoms with Gasteiger partial charge in [0, 0.05) is 23.2 Å². The summed E-state index contributed by atoms with van der Waals surface area (Å²) in [7, 11) is 0. The van der Waals surface area contributed by atoms with Gasteiger partial charge < -0.3 is 5.73 Å². The summed E-state index contributed by atoms with van der Waals surface area (Å²) in [6, 6.07) is 11.9. The van der Waals surface area contributed by atoms with Gasteiger partial charge in [-0.1, -0.05) is 30.3 Å². The van der Waals surface area contributed by atoms with Crippen LogP contribution in [0.2, 0.25) is 0 Å². The Hall–Kier alpha value is -2.99. The van der Waals surface area contributed by atoms with Gasteiger partial charge in [-0.25, -0.2) is 15.0 Å². The lowest BCUT2D eigenvalue weighted by Gasteiger charge is -2.00. The highest BCUT2D eigenvalue weighted by Gasteiger charge is 2.12. The predicted molar refractivity (Wildman–Crippen MR) is 93.9 cm³/mol. The Bertz CT molecular complexity index is 985. The number of imidazole rings is 1. The fourth-order valence-corrected chi connectivity index (χ4v) is 3.14. The molecule has 0 radical (unpaired) electrons. The maximum absolute atomic E-state index is 5.70. The van der Waals surface area contributed by atoms with Crippen molar-refractivity contribution in [3.8, 4) is 11.3 Å². The van der Waals surface area contributed by atoms with Gasteiger partial charge in [0.1, 0.15) is 12.1 Å². The molecule has 23 heavy (non-hydrogen) atoms. The number of nitrogen functional groups attached to an aromatic ring is 1. The van der Waals surface area contributed by atoms with Crippen molar-refractivity contribution in [2.75, 3.05) is 5.73 Å². The first-order chi connectivity index (χ1) is 11.3. The van der Waals surface area contributed by atoms with Gasteiger partial charge in [-0.05, 0) is 12.2 Å². The highest BCUT2D eigenvalue weighted by atomic mass is 32.1. The summed E-state index contributed by atoms with van der Waals surface area (Å²) in [5.41, 5.74) is 9.53. The molecule has 0 amide bonds. The maximum atomic E-state index is 5.70. The molecule has 0 spiro atoms. The highest BCUT2D eigenvalue weighted by Crippen LogP contribution is 2.27. The van der Waals surface area contributed by atoms with E-state index in [4.69, 9.17) is 10.7 Å². The van der Waals surface area contributed by atoms with Crippen molar-refractivity contribution in [2.45, 2.75) is 0 Å². The second-order valence-electron chi connectivity index (χ2n) is 4.97. The first-order valence-electron chi connectivity index (χ1n) is 7.08. The van der Waals surface area contributed by atoms with E-state index >= 15 is 0 Å². The first-order valence-corrected chi connectivity index (χ1v) is 7.96. The Morgan fingerprint density at radius 1 is 1.09 bits per heavy atom. The van der Waals surface area contributed by atoms with Crippen LogP contribution < -0.4 is 5.73 Å². The van der Waals surface area contributed by atoms with Gasteiger partial charge in [0.05, 0.1) is 17.1 Å². The standard InChI is InChI=1S/C17H13N5S/c18-15-10-13(19-11-20-15)6-7-14-16(12-4-2-1-3-5-12)21-17-22(14)8-9-23-17/h1-11H,(H2,18,19,20). The molecule has 4 rings (SSSR count). The van der Waals surface area contributed by atoms with E-state index in [1.807, 2.05) is 41.9 Å². The second kappa shape index (κ2) is 5.66. The van der Waals surface area contributed by atoms with Crippen molar-refractivity contribution in [3.05, 3.63) is 65.7 Å². The normalized spacial score (nSPS) is 11.5. The van der Waals surface area contributed by atoms with Crippen molar-refractivity contribution >= 4 is 34.3 Å². The van der Waals surface area contributed by atoms with E-state index in [0.29, 0.717) is 5.82 Å². The molecular formula is C17H13N5S. The fraction of sp³-hybridized carbons (Fsp3) is 0. The van der Waals surface area contributed by atoms with Crippen LogP contribution >= 0.6 is 11.3 Å². The van der Waals surface area contributed by atoms with Crippen LogP contribution in [-0.2, 0) is 0 Å². The number of thiazole rings is 1. The number of benzene rings is 1. The summed E-state index contributed by atoms with van der Waals surface area (Å²) in [4.78, 5) is 13.8. The largest absolute Gasteiger partial charge is 0.384 e. The zero-order chi connectivity index (χ0) is 15.6. The molecule has 112 valence electrons. The lowest BCUT2D eigenvalue weighted by molar-refractivity contribution is 1.16. The van der Waals surface area contributed by atoms with E-state index in [0.717, 1.165) is 27.6 Å². The molecule has 0 bridgehead atoms. The molecule has 0 fully saturated rings. The van der Waals surface area contributed by atoms with Gasteiger partial charge in [0.2, 0.25) is 0 Å². The van der Waals surface area contributed by atoms with Crippen LogP contribution in [0.3, 0.4) is 0 Å². The van der Waals surface area contributed by atoms with Gasteiger partial charge in [-0.15, -0.1) is 11.3 Å². The molecule has 4 aromatic rings. The van der Waals surface area contributed by atoms with Crippen molar-refractivity contribution < 1.29 is 0 Å². The molecule has 6 heteroatoms. The molecule has 0 aliphatic heterocycles. The van der Waals surface area contributed by atoms with Gasteiger partial charge in [0.25, 0.3) is 0 Å². The average molecular weight is 319 g/mol. The summed E-state index contributed by atoms with van der Waals surface area (Å²) in [6.45, 7) is 0. The van der Waals surface area contributed by atoms with Crippen molar-refractivity contribution in [2.24, 2.45) is 0 Å². The van der Waals surface area contributed by atoms with Gasteiger partial charge in [-0.3, -0.25) is 4.40 Å². The number of nitrogens with zero attached hydrogens (tertiary/aromatic N) is 4. The minimum Gasteiger partial charge on any atom is -0.384 e.